The number of hydrogen-bond acceptors (Lipinski definition) is 6. The third kappa shape index (κ3) is 2.55. The lowest BCUT2D eigenvalue weighted by molar-refractivity contribution is -0.145. The molecule has 1 saturated heterocycles. The molecule has 126 valence electrons. The number of fused-ring (bicyclic) bond motifs is 1. The summed E-state index contributed by atoms with van der Waals surface area (Å²) in [5.41, 5.74) is 2.67. The predicted molar refractivity (Wildman–Crippen MR) is 93.3 cm³/mol. The summed E-state index contributed by atoms with van der Waals surface area (Å²) in [4.78, 5) is 18.8. The highest BCUT2D eigenvalue weighted by Crippen LogP contribution is 2.53. The number of phenolic OH excluding ortho intramolecular Hbond substituents is 1. The molecule has 1 saturated carbocycles. The van der Waals surface area contributed by atoms with Gasteiger partial charge in [0.25, 0.3) is 0 Å². The Morgan fingerprint density at radius 3 is 2.88 bits per heavy atom. The zero-order chi connectivity index (χ0) is 16.8. The molecule has 2 aliphatic rings. The first-order chi connectivity index (χ1) is 11.6. The van der Waals surface area contributed by atoms with Crippen LogP contribution in [0.3, 0.4) is 0 Å². The Hall–Kier alpha value is -2.08. The molecule has 24 heavy (non-hydrogen) atoms. The first-order valence-corrected chi connectivity index (χ1v) is 9.13. The number of aromatic hydroxyl groups is 1. The summed E-state index contributed by atoms with van der Waals surface area (Å²) in [6.07, 6.45) is 0. The number of rotatable bonds is 4. The number of ether oxygens (including phenoxy) is 1. The molecule has 0 amide bonds. The van der Waals surface area contributed by atoms with Crippen molar-refractivity contribution in [3.63, 3.8) is 0 Å². The number of phenols is 1. The molecule has 1 aromatic heterocycles. The van der Waals surface area contributed by atoms with E-state index in [4.69, 9.17) is 9.72 Å². The zero-order valence-corrected chi connectivity index (χ0v) is 14.5. The number of anilines is 1. The van der Waals surface area contributed by atoms with Gasteiger partial charge in [0.2, 0.25) is 0 Å². The van der Waals surface area contributed by atoms with Crippen LogP contribution in [0.2, 0.25) is 0 Å². The van der Waals surface area contributed by atoms with Crippen molar-refractivity contribution in [2.75, 3.05) is 24.6 Å². The normalized spacial score (nSPS) is 24.8. The van der Waals surface area contributed by atoms with Crippen LogP contribution in [0.15, 0.2) is 23.6 Å². The second-order valence-corrected chi connectivity index (χ2v) is 7.38. The van der Waals surface area contributed by atoms with Gasteiger partial charge in [-0.3, -0.25) is 4.79 Å². The van der Waals surface area contributed by atoms with E-state index in [0.29, 0.717) is 18.4 Å². The van der Waals surface area contributed by atoms with Crippen LogP contribution < -0.4 is 4.90 Å². The molecule has 0 spiro atoms. The fourth-order valence-corrected chi connectivity index (χ4v) is 4.50. The second kappa shape index (κ2) is 5.77. The number of aryl methyl sites for hydroxylation is 1. The summed E-state index contributed by atoms with van der Waals surface area (Å²) >= 11 is 1.59. The largest absolute Gasteiger partial charge is 0.507 e. The standard InChI is InChI=1S/C18H20N2O3S/c1-3-23-17(22)16-12-7-20(8-13(12)16)18-19-14(9-24-18)11-6-10(2)4-5-15(11)21/h4-6,9,12-13,16,21H,3,7-8H2,1-2H3/t12-,13+,16-. The number of thiazole rings is 1. The molecule has 4 rings (SSSR count). The van der Waals surface area contributed by atoms with Crippen LogP contribution in [0.5, 0.6) is 5.75 Å². The summed E-state index contributed by atoms with van der Waals surface area (Å²) in [5, 5.41) is 13.0. The van der Waals surface area contributed by atoms with E-state index < -0.39 is 0 Å². The Labute approximate surface area is 144 Å². The molecule has 2 aromatic rings. The van der Waals surface area contributed by atoms with Crippen LogP contribution in [0.1, 0.15) is 12.5 Å². The maximum absolute atomic E-state index is 11.8. The lowest BCUT2D eigenvalue weighted by Gasteiger charge is -2.18. The lowest BCUT2D eigenvalue weighted by Crippen LogP contribution is -2.26. The smallest absolute Gasteiger partial charge is 0.309 e. The van der Waals surface area contributed by atoms with Gasteiger partial charge in [-0.2, -0.15) is 0 Å². The molecule has 2 heterocycles. The van der Waals surface area contributed by atoms with Gasteiger partial charge >= 0.3 is 5.97 Å². The number of carbonyl (C=O) groups excluding carboxylic acids is 1. The Bertz CT molecular complexity index is 776. The maximum atomic E-state index is 11.8. The van der Waals surface area contributed by atoms with Gasteiger partial charge in [-0.05, 0) is 37.8 Å². The van der Waals surface area contributed by atoms with Crippen molar-refractivity contribution in [2.24, 2.45) is 17.8 Å². The summed E-state index contributed by atoms with van der Waals surface area (Å²) in [6.45, 7) is 6.02. The minimum Gasteiger partial charge on any atom is -0.507 e. The number of piperidine rings is 1. The second-order valence-electron chi connectivity index (χ2n) is 6.55. The topological polar surface area (TPSA) is 62.7 Å². The van der Waals surface area contributed by atoms with Gasteiger partial charge in [0.15, 0.2) is 5.13 Å². The van der Waals surface area contributed by atoms with Crippen molar-refractivity contribution < 1.29 is 14.6 Å². The minimum atomic E-state index is -0.0448. The van der Waals surface area contributed by atoms with Crippen molar-refractivity contribution in [1.29, 1.82) is 0 Å². The van der Waals surface area contributed by atoms with Crippen LogP contribution in [0.4, 0.5) is 5.13 Å². The van der Waals surface area contributed by atoms with E-state index in [2.05, 4.69) is 4.90 Å². The van der Waals surface area contributed by atoms with Crippen molar-refractivity contribution in [3.05, 3.63) is 29.1 Å². The van der Waals surface area contributed by atoms with Gasteiger partial charge in [-0.25, -0.2) is 4.98 Å². The van der Waals surface area contributed by atoms with Gasteiger partial charge < -0.3 is 14.7 Å². The fraction of sp³-hybridized carbons (Fsp3) is 0.444. The Morgan fingerprint density at radius 1 is 1.42 bits per heavy atom. The van der Waals surface area contributed by atoms with Crippen LogP contribution in [0, 0.1) is 24.7 Å². The molecule has 1 aliphatic carbocycles. The third-order valence-electron chi connectivity index (χ3n) is 4.94. The van der Waals surface area contributed by atoms with E-state index in [1.165, 1.54) is 0 Å². The van der Waals surface area contributed by atoms with Gasteiger partial charge in [-0.15, -0.1) is 11.3 Å². The quantitative estimate of drug-likeness (QED) is 0.864. The van der Waals surface area contributed by atoms with Crippen molar-refractivity contribution in [1.82, 2.24) is 4.98 Å². The van der Waals surface area contributed by atoms with E-state index >= 15 is 0 Å². The van der Waals surface area contributed by atoms with Crippen LogP contribution in [-0.2, 0) is 9.53 Å². The average Bonchev–Trinajstić information content (AvgIpc) is 2.95. The number of carbonyl (C=O) groups is 1. The molecule has 0 bridgehead atoms. The van der Waals surface area contributed by atoms with Crippen LogP contribution >= 0.6 is 11.3 Å². The number of hydrogen-bond donors (Lipinski definition) is 1. The van der Waals surface area contributed by atoms with Gasteiger partial charge in [-0.1, -0.05) is 11.6 Å². The minimum absolute atomic E-state index is 0.0448. The Kier molecular flexibility index (Phi) is 3.72. The van der Waals surface area contributed by atoms with Crippen molar-refractivity contribution in [3.8, 4) is 17.0 Å². The SMILES string of the molecule is CCOC(=O)[C@@H]1[C@@H]2CN(c3nc(-c4cc(C)ccc4O)cs3)C[C@@H]21. The van der Waals surface area contributed by atoms with E-state index in [0.717, 1.165) is 35.0 Å². The van der Waals surface area contributed by atoms with E-state index in [1.807, 2.05) is 31.4 Å². The summed E-state index contributed by atoms with van der Waals surface area (Å²) < 4.78 is 5.13. The molecule has 5 nitrogen and oxygen atoms in total. The molecule has 0 radical (unpaired) electrons. The van der Waals surface area contributed by atoms with Gasteiger partial charge in [0.05, 0.1) is 18.2 Å². The van der Waals surface area contributed by atoms with Crippen LogP contribution in [0.25, 0.3) is 11.3 Å². The average molecular weight is 344 g/mol. The molecular weight excluding hydrogens is 324 g/mol. The molecule has 1 aliphatic heterocycles. The monoisotopic (exact) mass is 344 g/mol. The molecule has 0 unspecified atom stereocenters. The highest BCUT2D eigenvalue weighted by Gasteiger charge is 2.60. The highest BCUT2D eigenvalue weighted by molar-refractivity contribution is 7.14. The van der Waals surface area contributed by atoms with Gasteiger partial charge in [0.1, 0.15) is 5.75 Å². The summed E-state index contributed by atoms with van der Waals surface area (Å²) in [5.74, 6) is 1.11. The molecule has 2 fully saturated rings. The Morgan fingerprint density at radius 2 is 2.17 bits per heavy atom. The number of nitrogens with zero attached hydrogens (tertiary/aromatic N) is 2. The lowest BCUT2D eigenvalue weighted by atomic mass is 10.1. The van der Waals surface area contributed by atoms with Gasteiger partial charge in [0, 0.05) is 24.0 Å². The molecular formula is C18H20N2O3S. The molecule has 1 N–H and O–H groups in total. The number of benzene rings is 1. The molecule has 1 aromatic carbocycles. The molecule has 3 atom stereocenters. The first kappa shape index (κ1) is 15.4. The fourth-order valence-electron chi connectivity index (χ4n) is 3.66. The highest BCUT2D eigenvalue weighted by atomic mass is 32.1. The van der Waals surface area contributed by atoms with Crippen molar-refractivity contribution in [2.45, 2.75) is 13.8 Å². The summed E-state index contributed by atoms with van der Waals surface area (Å²) in [6, 6.07) is 5.54. The Balaban J connectivity index is 1.46. The zero-order valence-electron chi connectivity index (χ0n) is 13.7. The predicted octanol–water partition coefficient (Wildman–Crippen LogP) is 3.07. The van der Waals surface area contributed by atoms with Crippen LogP contribution in [-0.4, -0.2) is 35.8 Å². The number of esters is 1. The van der Waals surface area contributed by atoms with Crippen molar-refractivity contribution >= 4 is 22.4 Å². The summed E-state index contributed by atoms with van der Waals surface area (Å²) in [7, 11) is 0. The maximum Gasteiger partial charge on any atom is 0.309 e. The van der Waals surface area contributed by atoms with E-state index in [-0.39, 0.29) is 17.6 Å². The first-order valence-electron chi connectivity index (χ1n) is 8.25. The van der Waals surface area contributed by atoms with E-state index in [1.54, 1.807) is 17.4 Å². The molecule has 6 heteroatoms. The van der Waals surface area contributed by atoms with E-state index in [9.17, 15) is 9.90 Å². The number of aromatic nitrogens is 1. The third-order valence-corrected chi connectivity index (χ3v) is 5.84.